The minimum Gasteiger partial charge on any atom is -0.406 e. The van der Waals surface area contributed by atoms with E-state index >= 15 is 0 Å². The molecule has 35 heavy (non-hydrogen) atoms. The summed E-state index contributed by atoms with van der Waals surface area (Å²) in [5.41, 5.74) is 4.21. The third-order valence-electron chi connectivity index (χ3n) is 4.31. The Morgan fingerprint density at radius 1 is 0.886 bits per heavy atom. The highest BCUT2D eigenvalue weighted by Crippen LogP contribution is 2.23. The Kier molecular flexibility index (Phi) is 7.06. The maximum absolute atomic E-state index is 13.7. The molecule has 0 saturated heterocycles. The second-order valence-corrected chi connectivity index (χ2v) is 7.37. The molecule has 0 fully saturated rings. The highest BCUT2D eigenvalue weighted by atomic mass is 35.5. The number of alkyl halides is 3. The summed E-state index contributed by atoms with van der Waals surface area (Å²) in [5, 5.41) is 7.59. The summed E-state index contributed by atoms with van der Waals surface area (Å²) in [6.45, 7) is 0. The number of aromatic nitrogens is 3. The van der Waals surface area contributed by atoms with Crippen LogP contribution in [0.25, 0.3) is 11.4 Å². The molecule has 7 nitrogen and oxygen atoms in total. The number of benzene rings is 3. The minimum absolute atomic E-state index is 0.0454. The van der Waals surface area contributed by atoms with Gasteiger partial charge in [-0.25, -0.2) is 9.82 Å². The van der Waals surface area contributed by atoms with Crippen molar-refractivity contribution in [2.24, 2.45) is 5.10 Å². The molecule has 178 valence electrons. The lowest BCUT2D eigenvalue weighted by molar-refractivity contribution is -0.274. The van der Waals surface area contributed by atoms with Gasteiger partial charge in [-0.3, -0.25) is 0 Å². The highest BCUT2D eigenvalue weighted by Gasteiger charge is 2.30. The number of halogens is 5. The Hall–Kier alpha value is -4.25. The summed E-state index contributed by atoms with van der Waals surface area (Å²) in [7, 11) is 0. The Morgan fingerprint density at radius 3 is 2.29 bits per heavy atom. The van der Waals surface area contributed by atoms with E-state index in [1.807, 2.05) is 0 Å². The normalized spacial score (nSPS) is 11.5. The van der Waals surface area contributed by atoms with Crippen molar-refractivity contribution in [3.05, 3.63) is 89.2 Å². The molecule has 4 rings (SSSR count). The zero-order chi connectivity index (χ0) is 24.8. The average molecular weight is 503 g/mol. The van der Waals surface area contributed by atoms with Crippen LogP contribution in [0.3, 0.4) is 0 Å². The zero-order valence-electron chi connectivity index (χ0n) is 17.6. The monoisotopic (exact) mass is 502 g/mol. The lowest BCUT2D eigenvalue weighted by Gasteiger charge is -2.09. The van der Waals surface area contributed by atoms with Crippen LogP contribution in [0.15, 0.2) is 77.9 Å². The molecular formula is C23H15ClF4N6O. The molecule has 0 bridgehead atoms. The van der Waals surface area contributed by atoms with Crippen LogP contribution in [0.5, 0.6) is 5.75 Å². The maximum Gasteiger partial charge on any atom is 0.573 e. The molecule has 1 heterocycles. The summed E-state index contributed by atoms with van der Waals surface area (Å²) in [6, 6.07) is 17.7. The third kappa shape index (κ3) is 7.11. The lowest BCUT2D eigenvalue weighted by Crippen LogP contribution is -2.17. The van der Waals surface area contributed by atoms with E-state index in [4.69, 9.17) is 11.6 Å². The van der Waals surface area contributed by atoms with E-state index in [2.05, 4.69) is 35.5 Å². The van der Waals surface area contributed by atoms with Gasteiger partial charge in [-0.15, -0.1) is 13.2 Å². The molecule has 4 aromatic rings. The molecule has 0 aliphatic carbocycles. The SMILES string of the molecule is Fc1cccc(-c2nc(NN=Cc3ccc(OC(F)(F)F)cc3)nc(Nc3ccc(Cl)cc3)n2)c1. The molecular weight excluding hydrogens is 488 g/mol. The highest BCUT2D eigenvalue weighted by molar-refractivity contribution is 6.30. The van der Waals surface area contributed by atoms with Crippen molar-refractivity contribution >= 4 is 35.4 Å². The van der Waals surface area contributed by atoms with Gasteiger partial charge < -0.3 is 10.1 Å². The Morgan fingerprint density at radius 2 is 1.60 bits per heavy atom. The van der Waals surface area contributed by atoms with Gasteiger partial charge in [0.2, 0.25) is 11.9 Å². The number of nitrogens with zero attached hydrogens (tertiary/aromatic N) is 4. The summed E-state index contributed by atoms with van der Waals surface area (Å²) in [6.07, 6.45) is -3.41. The fourth-order valence-electron chi connectivity index (χ4n) is 2.82. The van der Waals surface area contributed by atoms with E-state index in [1.54, 1.807) is 30.3 Å². The summed E-state index contributed by atoms with van der Waals surface area (Å²) in [4.78, 5) is 12.9. The Balaban J connectivity index is 1.56. The number of nitrogens with one attached hydrogen (secondary N) is 2. The first kappa shape index (κ1) is 23.9. The van der Waals surface area contributed by atoms with E-state index in [0.29, 0.717) is 21.8 Å². The van der Waals surface area contributed by atoms with Gasteiger partial charge in [-0.05, 0) is 66.2 Å². The van der Waals surface area contributed by atoms with E-state index < -0.39 is 12.2 Å². The molecule has 2 N–H and O–H groups in total. The number of hydrazone groups is 1. The molecule has 0 saturated carbocycles. The summed E-state index contributed by atoms with van der Waals surface area (Å²) in [5.74, 6) is -0.419. The number of hydrogen-bond acceptors (Lipinski definition) is 7. The molecule has 0 spiro atoms. The molecule has 0 aliphatic heterocycles. The number of ether oxygens (including phenoxy) is 1. The smallest absolute Gasteiger partial charge is 0.406 e. The van der Waals surface area contributed by atoms with Gasteiger partial charge >= 0.3 is 6.36 Å². The third-order valence-corrected chi connectivity index (χ3v) is 4.56. The standard InChI is InChI=1S/C23H15ClF4N6O/c24-16-6-8-18(9-7-16)30-21-31-20(15-2-1-3-17(25)12-15)32-22(33-21)34-29-13-14-4-10-19(11-5-14)35-23(26,27)28/h1-13H,(H2,30,31,32,33,34). The van der Waals surface area contributed by atoms with Crippen LogP contribution >= 0.6 is 11.6 Å². The van der Waals surface area contributed by atoms with Crippen LogP contribution < -0.4 is 15.5 Å². The van der Waals surface area contributed by atoms with Crippen LogP contribution in [0, 0.1) is 5.82 Å². The number of hydrogen-bond donors (Lipinski definition) is 2. The van der Waals surface area contributed by atoms with Crippen molar-refractivity contribution in [2.45, 2.75) is 6.36 Å². The second-order valence-electron chi connectivity index (χ2n) is 6.94. The fraction of sp³-hybridized carbons (Fsp3) is 0.0435. The van der Waals surface area contributed by atoms with Gasteiger partial charge in [0.1, 0.15) is 11.6 Å². The molecule has 0 atom stereocenters. The minimum atomic E-state index is -4.77. The first-order valence-corrected chi connectivity index (χ1v) is 10.3. The van der Waals surface area contributed by atoms with Gasteiger partial charge in [-0.2, -0.15) is 20.1 Å². The first-order chi connectivity index (χ1) is 16.7. The van der Waals surface area contributed by atoms with Crippen molar-refractivity contribution in [3.8, 4) is 17.1 Å². The van der Waals surface area contributed by atoms with Crippen LogP contribution in [0.4, 0.5) is 35.1 Å². The number of rotatable bonds is 7. The summed E-state index contributed by atoms with van der Waals surface area (Å²) >= 11 is 5.92. The second kappa shape index (κ2) is 10.3. The van der Waals surface area contributed by atoms with Gasteiger partial charge in [0, 0.05) is 16.3 Å². The molecule has 0 radical (unpaired) electrons. The molecule has 0 unspecified atom stereocenters. The van der Waals surface area contributed by atoms with Crippen LogP contribution in [0.1, 0.15) is 5.56 Å². The molecule has 1 aromatic heterocycles. The van der Waals surface area contributed by atoms with Gasteiger partial charge in [0.15, 0.2) is 5.82 Å². The largest absolute Gasteiger partial charge is 0.573 e. The predicted molar refractivity (Wildman–Crippen MR) is 124 cm³/mol. The van der Waals surface area contributed by atoms with E-state index in [1.165, 1.54) is 36.5 Å². The van der Waals surface area contributed by atoms with E-state index in [-0.39, 0.29) is 23.5 Å². The maximum atomic E-state index is 13.7. The molecule has 12 heteroatoms. The number of anilines is 3. The Labute approximate surface area is 201 Å². The van der Waals surface area contributed by atoms with Crippen molar-refractivity contribution < 1.29 is 22.3 Å². The Bertz CT molecular complexity index is 1330. The van der Waals surface area contributed by atoms with Crippen molar-refractivity contribution in [1.29, 1.82) is 0 Å². The summed E-state index contributed by atoms with van der Waals surface area (Å²) < 4.78 is 54.4. The van der Waals surface area contributed by atoms with Crippen molar-refractivity contribution in [1.82, 2.24) is 15.0 Å². The molecule has 3 aromatic carbocycles. The van der Waals surface area contributed by atoms with Crippen LogP contribution in [-0.4, -0.2) is 27.5 Å². The quantitative estimate of drug-likeness (QED) is 0.172. The van der Waals surface area contributed by atoms with Crippen LogP contribution in [0.2, 0.25) is 5.02 Å². The first-order valence-electron chi connectivity index (χ1n) is 9.93. The predicted octanol–water partition coefficient (Wildman–Crippen LogP) is 6.42. The van der Waals surface area contributed by atoms with Gasteiger partial charge in [-0.1, -0.05) is 23.7 Å². The van der Waals surface area contributed by atoms with Gasteiger partial charge in [0.25, 0.3) is 0 Å². The van der Waals surface area contributed by atoms with E-state index in [0.717, 1.165) is 12.1 Å². The molecule has 0 aliphatic rings. The molecule has 0 amide bonds. The van der Waals surface area contributed by atoms with Crippen molar-refractivity contribution in [3.63, 3.8) is 0 Å². The fourth-order valence-corrected chi connectivity index (χ4v) is 2.95. The van der Waals surface area contributed by atoms with E-state index in [9.17, 15) is 17.6 Å². The van der Waals surface area contributed by atoms with Crippen LogP contribution in [-0.2, 0) is 0 Å². The zero-order valence-corrected chi connectivity index (χ0v) is 18.3. The van der Waals surface area contributed by atoms with Crippen molar-refractivity contribution in [2.75, 3.05) is 10.7 Å². The van der Waals surface area contributed by atoms with Gasteiger partial charge in [0.05, 0.1) is 6.21 Å². The average Bonchev–Trinajstić information content (AvgIpc) is 2.81. The topological polar surface area (TPSA) is 84.3 Å². The lowest BCUT2D eigenvalue weighted by atomic mass is 10.2.